The van der Waals surface area contributed by atoms with Crippen molar-refractivity contribution in [2.45, 2.75) is 62.1 Å². The number of aliphatic hydroxyl groups excluding tert-OH is 1. The van der Waals surface area contributed by atoms with Crippen LogP contribution in [0, 0.1) is 0 Å². The number of aliphatic carboxylic acids is 1. The molecule has 1 fully saturated rings. The molecule has 9 nitrogen and oxygen atoms in total. The highest BCUT2D eigenvalue weighted by Gasteiger charge is 2.32. The van der Waals surface area contributed by atoms with E-state index in [1.54, 1.807) is 42.5 Å². The molecule has 3 unspecified atom stereocenters. The number of hydrogen-bond donors (Lipinski definition) is 4. The Bertz CT molecular complexity index is 1350. The van der Waals surface area contributed by atoms with Crippen molar-refractivity contribution in [1.82, 2.24) is 0 Å². The molecule has 0 bridgehead atoms. The topological polar surface area (TPSA) is 142 Å². The van der Waals surface area contributed by atoms with E-state index >= 15 is 0 Å². The number of rotatable bonds is 13. The summed E-state index contributed by atoms with van der Waals surface area (Å²) in [5.41, 5.74) is 3.26. The molecule has 0 saturated carbocycles. The second-order valence-electron chi connectivity index (χ2n) is 9.74. The van der Waals surface area contributed by atoms with E-state index in [-0.39, 0.29) is 43.1 Å². The van der Waals surface area contributed by atoms with Gasteiger partial charge in [0.05, 0.1) is 24.4 Å². The van der Waals surface area contributed by atoms with Crippen LogP contribution in [-0.4, -0.2) is 45.0 Å². The monoisotopic (exact) mass is 579 g/mol. The summed E-state index contributed by atoms with van der Waals surface area (Å²) in [6.07, 6.45) is 0.395. The smallest absolute Gasteiger partial charge is 0.336 e. The molecule has 1 aliphatic rings. The number of unbranched alkanes of at least 4 members (excludes halogenated alkanes) is 1. The van der Waals surface area contributed by atoms with Crippen LogP contribution in [0.25, 0.3) is 0 Å². The molecule has 1 saturated heterocycles. The molecule has 0 radical (unpaired) electrons. The minimum atomic E-state index is -0.985. The van der Waals surface area contributed by atoms with Crippen LogP contribution in [0.15, 0.2) is 77.7 Å². The lowest BCUT2D eigenvalue weighted by atomic mass is 10.0. The summed E-state index contributed by atoms with van der Waals surface area (Å²) in [5.74, 6) is -1.56. The summed E-state index contributed by atoms with van der Waals surface area (Å²) in [6.45, 7) is -0.0577. The van der Waals surface area contributed by atoms with Gasteiger partial charge in [0, 0.05) is 41.2 Å². The lowest BCUT2D eigenvalue weighted by molar-refractivity contribution is -0.245. The summed E-state index contributed by atoms with van der Waals surface area (Å²) >= 11 is 1.42. The SMILES string of the molecule is O=C(O)CCCCC(=O)Nc1cccc(C2OC(CSc3ccccc3C(=O)O)CC(c3ccc(CO)cc3)O2)c1. The summed E-state index contributed by atoms with van der Waals surface area (Å²) < 4.78 is 12.7. The van der Waals surface area contributed by atoms with Gasteiger partial charge in [-0.15, -0.1) is 11.8 Å². The molecule has 4 N–H and O–H groups in total. The molecule has 10 heteroatoms. The van der Waals surface area contributed by atoms with Crippen molar-refractivity contribution in [3.8, 4) is 0 Å². The number of hydrogen-bond acceptors (Lipinski definition) is 7. The number of carboxylic acid groups (broad SMARTS) is 2. The lowest BCUT2D eigenvalue weighted by Gasteiger charge is -2.36. The van der Waals surface area contributed by atoms with Crippen molar-refractivity contribution in [2.24, 2.45) is 0 Å². The van der Waals surface area contributed by atoms with Crippen molar-refractivity contribution in [2.75, 3.05) is 11.1 Å². The molecule has 1 amide bonds. The number of thioether (sulfide) groups is 1. The van der Waals surface area contributed by atoms with Gasteiger partial charge in [0.2, 0.25) is 5.91 Å². The van der Waals surface area contributed by atoms with Crippen LogP contribution in [0.4, 0.5) is 5.69 Å². The Balaban J connectivity index is 1.49. The van der Waals surface area contributed by atoms with E-state index in [0.29, 0.717) is 41.2 Å². The number of carbonyl (C=O) groups is 3. The Hall–Kier alpha value is -3.70. The zero-order chi connectivity index (χ0) is 29.2. The Morgan fingerprint density at radius 3 is 2.37 bits per heavy atom. The second kappa shape index (κ2) is 14.8. The minimum absolute atomic E-state index is 0.0321. The van der Waals surface area contributed by atoms with Gasteiger partial charge >= 0.3 is 11.9 Å². The van der Waals surface area contributed by atoms with E-state index in [9.17, 15) is 24.6 Å². The molecule has 0 aromatic heterocycles. The summed E-state index contributed by atoms with van der Waals surface area (Å²) in [5, 5.41) is 30.6. The summed E-state index contributed by atoms with van der Waals surface area (Å²) in [7, 11) is 0. The van der Waals surface area contributed by atoms with Crippen LogP contribution in [0.2, 0.25) is 0 Å². The van der Waals surface area contributed by atoms with E-state index in [0.717, 1.165) is 11.1 Å². The average molecular weight is 580 g/mol. The number of benzene rings is 3. The first-order valence-electron chi connectivity index (χ1n) is 13.4. The molecule has 3 aromatic carbocycles. The van der Waals surface area contributed by atoms with Gasteiger partial charge in [-0.3, -0.25) is 9.59 Å². The standard InChI is InChI=1S/C31H33NO8S/c33-18-20-12-14-21(15-13-20)26-17-24(19-41-27-9-2-1-8-25(27)30(37)38)39-31(40-26)22-6-5-7-23(16-22)32-28(34)10-3-4-11-29(35)36/h1-2,5-9,12-16,24,26,31,33H,3-4,10-11,17-19H2,(H,32,34)(H,35,36)(H,37,38). The quantitative estimate of drug-likeness (QED) is 0.146. The maximum atomic E-state index is 12.4. The van der Waals surface area contributed by atoms with Crippen molar-refractivity contribution in [1.29, 1.82) is 0 Å². The fourth-order valence-electron chi connectivity index (χ4n) is 4.52. The molecule has 3 aromatic rings. The van der Waals surface area contributed by atoms with Crippen LogP contribution < -0.4 is 5.32 Å². The Morgan fingerprint density at radius 1 is 0.878 bits per heavy atom. The first-order valence-corrected chi connectivity index (χ1v) is 14.4. The third-order valence-electron chi connectivity index (χ3n) is 6.64. The van der Waals surface area contributed by atoms with Crippen LogP contribution in [0.3, 0.4) is 0 Å². The largest absolute Gasteiger partial charge is 0.481 e. The zero-order valence-electron chi connectivity index (χ0n) is 22.4. The molecule has 1 aliphatic heterocycles. The third kappa shape index (κ3) is 8.89. The van der Waals surface area contributed by atoms with E-state index in [1.807, 2.05) is 30.3 Å². The number of aliphatic hydroxyl groups is 1. The van der Waals surface area contributed by atoms with Gasteiger partial charge in [0.25, 0.3) is 0 Å². The maximum Gasteiger partial charge on any atom is 0.336 e. The molecule has 216 valence electrons. The summed E-state index contributed by atoms with van der Waals surface area (Å²) in [4.78, 5) is 35.4. The number of aromatic carboxylic acids is 1. The van der Waals surface area contributed by atoms with Gasteiger partial charge in [-0.1, -0.05) is 48.5 Å². The van der Waals surface area contributed by atoms with Crippen LogP contribution in [0.5, 0.6) is 0 Å². The van der Waals surface area contributed by atoms with E-state index in [2.05, 4.69) is 5.32 Å². The second-order valence-corrected chi connectivity index (χ2v) is 10.8. The minimum Gasteiger partial charge on any atom is -0.481 e. The molecule has 4 rings (SSSR count). The highest BCUT2D eigenvalue weighted by molar-refractivity contribution is 7.99. The fourth-order valence-corrected chi connectivity index (χ4v) is 5.59. The van der Waals surface area contributed by atoms with Crippen molar-refractivity contribution in [3.63, 3.8) is 0 Å². The molecule has 1 heterocycles. The average Bonchev–Trinajstić information content (AvgIpc) is 2.98. The highest BCUT2D eigenvalue weighted by Crippen LogP contribution is 2.40. The van der Waals surface area contributed by atoms with E-state index in [4.69, 9.17) is 14.6 Å². The normalized spacial score (nSPS) is 18.5. The van der Waals surface area contributed by atoms with Gasteiger partial charge in [-0.25, -0.2) is 4.79 Å². The van der Waals surface area contributed by atoms with E-state index in [1.165, 1.54) is 11.8 Å². The highest BCUT2D eigenvalue weighted by atomic mass is 32.2. The molecule has 0 aliphatic carbocycles. The molecule has 3 atom stereocenters. The van der Waals surface area contributed by atoms with Gasteiger partial charge in [-0.05, 0) is 48.2 Å². The summed E-state index contributed by atoms with van der Waals surface area (Å²) in [6, 6.07) is 21.6. The van der Waals surface area contributed by atoms with Gasteiger partial charge < -0.3 is 30.1 Å². The maximum absolute atomic E-state index is 12.4. The van der Waals surface area contributed by atoms with Crippen LogP contribution in [0.1, 0.15) is 71.5 Å². The molecule has 0 spiro atoms. The number of carboxylic acids is 2. The van der Waals surface area contributed by atoms with Crippen molar-refractivity contribution < 1.29 is 39.2 Å². The zero-order valence-corrected chi connectivity index (χ0v) is 23.2. The predicted molar refractivity (Wildman–Crippen MR) is 154 cm³/mol. The van der Waals surface area contributed by atoms with E-state index < -0.39 is 18.2 Å². The lowest BCUT2D eigenvalue weighted by Crippen LogP contribution is -2.31. The van der Waals surface area contributed by atoms with Crippen LogP contribution in [-0.2, 0) is 25.7 Å². The predicted octanol–water partition coefficient (Wildman–Crippen LogP) is 5.80. The van der Waals surface area contributed by atoms with Gasteiger partial charge in [0.15, 0.2) is 6.29 Å². The van der Waals surface area contributed by atoms with Gasteiger partial charge in [-0.2, -0.15) is 0 Å². The first kappa shape index (κ1) is 30.3. The Morgan fingerprint density at radius 2 is 1.63 bits per heavy atom. The number of nitrogens with one attached hydrogen (secondary N) is 1. The first-order chi connectivity index (χ1) is 19.8. The number of amides is 1. The van der Waals surface area contributed by atoms with Gasteiger partial charge in [0.1, 0.15) is 0 Å². The van der Waals surface area contributed by atoms with Crippen LogP contribution >= 0.6 is 11.8 Å². The third-order valence-corrected chi connectivity index (χ3v) is 7.85. The van der Waals surface area contributed by atoms with Crippen molar-refractivity contribution in [3.05, 3.63) is 95.1 Å². The Kier molecular flexibility index (Phi) is 10.9. The fraction of sp³-hybridized carbons (Fsp3) is 0.323. The number of anilines is 1. The van der Waals surface area contributed by atoms with Crippen molar-refractivity contribution >= 4 is 35.3 Å². The number of ether oxygens (including phenoxy) is 2. The number of carbonyl (C=O) groups excluding carboxylic acids is 1. The molecular weight excluding hydrogens is 546 g/mol. The molecule has 41 heavy (non-hydrogen) atoms. The molecular formula is C31H33NO8S. The Labute approximate surface area is 242 Å².